The first-order valence-corrected chi connectivity index (χ1v) is 11.8. The van der Waals surface area contributed by atoms with Crippen molar-refractivity contribution in [2.24, 2.45) is 5.92 Å². The molecule has 2 atom stereocenters. The summed E-state index contributed by atoms with van der Waals surface area (Å²) in [5.74, 6) is 0.760. The third-order valence-electron chi connectivity index (χ3n) is 6.42. The predicted molar refractivity (Wildman–Crippen MR) is 107 cm³/mol. The number of hydrogen-bond acceptors (Lipinski definition) is 4. The van der Waals surface area contributed by atoms with E-state index in [1.807, 2.05) is 13.8 Å². The number of ether oxygens (including phenoxy) is 1. The van der Waals surface area contributed by atoms with E-state index in [0.29, 0.717) is 35.2 Å². The number of rotatable bonds is 4. The molecule has 1 aromatic carbocycles. The lowest BCUT2D eigenvalue weighted by Gasteiger charge is -2.38. The molecule has 1 saturated carbocycles. The Morgan fingerprint density at radius 3 is 2.63 bits per heavy atom. The van der Waals surface area contributed by atoms with Crippen LogP contribution >= 0.6 is 11.6 Å². The largest absolute Gasteiger partial charge is 0.374 e. The minimum Gasteiger partial charge on any atom is -0.374 e. The van der Waals surface area contributed by atoms with Crippen molar-refractivity contribution < 1.29 is 13.2 Å². The van der Waals surface area contributed by atoms with Crippen LogP contribution in [0.25, 0.3) is 0 Å². The first-order valence-electron chi connectivity index (χ1n) is 9.99. The molecule has 3 aliphatic rings. The summed E-state index contributed by atoms with van der Waals surface area (Å²) in [6.07, 6.45) is 5.25. The van der Waals surface area contributed by atoms with Crippen molar-refractivity contribution in [3.63, 3.8) is 0 Å². The van der Waals surface area contributed by atoms with E-state index in [1.165, 1.54) is 25.7 Å². The number of hydrogen-bond donors (Lipinski definition) is 0. The molecule has 0 N–H and O–H groups in total. The molecule has 1 aliphatic carbocycles. The van der Waals surface area contributed by atoms with Gasteiger partial charge in [-0.3, -0.25) is 4.90 Å². The summed E-state index contributed by atoms with van der Waals surface area (Å²) in [7, 11) is -3.55. The van der Waals surface area contributed by atoms with Crippen LogP contribution in [0.1, 0.15) is 36.8 Å². The van der Waals surface area contributed by atoms with Gasteiger partial charge in [-0.05, 0) is 55.9 Å². The van der Waals surface area contributed by atoms with Crippen LogP contribution in [0.5, 0.6) is 0 Å². The number of nitrogens with zero attached hydrogens (tertiary/aromatic N) is 2. The van der Waals surface area contributed by atoms with E-state index in [2.05, 4.69) is 4.90 Å². The van der Waals surface area contributed by atoms with Gasteiger partial charge in [0.1, 0.15) is 0 Å². The van der Waals surface area contributed by atoms with Gasteiger partial charge in [0.25, 0.3) is 0 Å². The number of sulfonamides is 1. The minimum absolute atomic E-state index is 0.0244. The zero-order valence-corrected chi connectivity index (χ0v) is 17.7. The monoisotopic (exact) mass is 412 g/mol. The fourth-order valence-corrected chi connectivity index (χ4v) is 6.82. The van der Waals surface area contributed by atoms with Crippen LogP contribution in [0.4, 0.5) is 0 Å². The Morgan fingerprint density at radius 2 is 1.89 bits per heavy atom. The summed E-state index contributed by atoms with van der Waals surface area (Å²) in [6.45, 7) is 7.29. The second kappa shape index (κ2) is 7.64. The SMILES string of the molecule is Cc1cc(S(=O)(=O)N2C[C@@H]3OCCN(CC4CCCC4)[C@H]3C2)c(C)cc1Cl. The highest BCUT2D eigenvalue weighted by Gasteiger charge is 2.45. The molecule has 2 aliphatic heterocycles. The van der Waals surface area contributed by atoms with Crippen LogP contribution in [0.2, 0.25) is 5.02 Å². The number of halogens is 1. The zero-order valence-electron chi connectivity index (χ0n) is 16.2. The fourth-order valence-electron chi connectivity index (χ4n) is 4.84. The summed E-state index contributed by atoms with van der Waals surface area (Å²) in [5, 5.41) is 0.604. The highest BCUT2D eigenvalue weighted by atomic mass is 35.5. The van der Waals surface area contributed by atoms with Crippen LogP contribution in [-0.4, -0.2) is 62.6 Å². The molecule has 2 heterocycles. The maximum atomic E-state index is 13.3. The second-order valence-corrected chi connectivity index (χ2v) is 10.6. The molecule has 2 saturated heterocycles. The molecular weight excluding hydrogens is 384 g/mol. The maximum Gasteiger partial charge on any atom is 0.243 e. The van der Waals surface area contributed by atoms with E-state index in [1.54, 1.807) is 16.4 Å². The third-order valence-corrected chi connectivity index (χ3v) is 8.81. The topological polar surface area (TPSA) is 49.9 Å². The minimum atomic E-state index is -3.55. The van der Waals surface area contributed by atoms with Crippen molar-refractivity contribution in [2.75, 3.05) is 32.8 Å². The van der Waals surface area contributed by atoms with Crippen molar-refractivity contribution in [1.82, 2.24) is 9.21 Å². The Bertz CT molecular complexity index is 808. The average Bonchev–Trinajstić information content (AvgIpc) is 3.28. The zero-order chi connectivity index (χ0) is 19.2. The Labute approximate surface area is 167 Å². The summed E-state index contributed by atoms with van der Waals surface area (Å²) in [4.78, 5) is 2.85. The summed E-state index contributed by atoms with van der Waals surface area (Å²) in [5.41, 5.74) is 1.49. The third kappa shape index (κ3) is 3.79. The van der Waals surface area contributed by atoms with Crippen molar-refractivity contribution in [3.8, 4) is 0 Å². The number of fused-ring (bicyclic) bond motifs is 1. The number of morpholine rings is 1. The molecule has 150 valence electrons. The van der Waals surface area contributed by atoms with Gasteiger partial charge in [-0.2, -0.15) is 4.31 Å². The van der Waals surface area contributed by atoms with Crippen molar-refractivity contribution >= 4 is 21.6 Å². The van der Waals surface area contributed by atoms with Crippen molar-refractivity contribution in [1.29, 1.82) is 0 Å². The Balaban J connectivity index is 1.54. The van der Waals surface area contributed by atoms with E-state index in [0.717, 1.165) is 24.6 Å². The molecule has 0 aromatic heterocycles. The Hall–Kier alpha value is -0.660. The van der Waals surface area contributed by atoms with E-state index in [4.69, 9.17) is 16.3 Å². The van der Waals surface area contributed by atoms with E-state index < -0.39 is 10.0 Å². The highest BCUT2D eigenvalue weighted by Crippen LogP contribution is 2.33. The lowest BCUT2D eigenvalue weighted by molar-refractivity contribution is -0.0514. The first kappa shape index (κ1) is 19.6. The molecule has 5 nitrogen and oxygen atoms in total. The molecule has 0 radical (unpaired) electrons. The van der Waals surface area contributed by atoms with E-state index in [-0.39, 0.29) is 12.1 Å². The van der Waals surface area contributed by atoms with Gasteiger partial charge in [-0.15, -0.1) is 0 Å². The van der Waals surface area contributed by atoms with Crippen LogP contribution < -0.4 is 0 Å². The average molecular weight is 413 g/mol. The van der Waals surface area contributed by atoms with Gasteiger partial charge in [0, 0.05) is 31.2 Å². The molecular formula is C20H29ClN2O3S. The van der Waals surface area contributed by atoms with Gasteiger partial charge in [0.05, 0.1) is 23.6 Å². The molecule has 0 unspecified atom stereocenters. The number of benzene rings is 1. The van der Waals surface area contributed by atoms with Gasteiger partial charge < -0.3 is 4.74 Å². The Morgan fingerprint density at radius 1 is 1.15 bits per heavy atom. The molecule has 3 fully saturated rings. The van der Waals surface area contributed by atoms with Crippen LogP contribution in [-0.2, 0) is 14.8 Å². The van der Waals surface area contributed by atoms with Gasteiger partial charge in [-0.25, -0.2) is 8.42 Å². The van der Waals surface area contributed by atoms with Gasteiger partial charge >= 0.3 is 0 Å². The fraction of sp³-hybridized carbons (Fsp3) is 0.700. The van der Waals surface area contributed by atoms with Gasteiger partial charge in [0.2, 0.25) is 10.0 Å². The van der Waals surface area contributed by atoms with Crippen LogP contribution in [0.3, 0.4) is 0 Å². The molecule has 1 aromatic rings. The van der Waals surface area contributed by atoms with Crippen LogP contribution in [0, 0.1) is 19.8 Å². The summed E-state index contributed by atoms with van der Waals surface area (Å²) in [6, 6.07) is 3.62. The predicted octanol–water partition coefficient (Wildman–Crippen LogP) is 3.22. The lowest BCUT2D eigenvalue weighted by Crippen LogP contribution is -2.52. The molecule has 7 heteroatoms. The maximum absolute atomic E-state index is 13.3. The molecule has 0 spiro atoms. The van der Waals surface area contributed by atoms with Crippen molar-refractivity contribution in [2.45, 2.75) is 56.6 Å². The molecule has 0 amide bonds. The van der Waals surface area contributed by atoms with Crippen LogP contribution in [0.15, 0.2) is 17.0 Å². The molecule has 0 bridgehead atoms. The van der Waals surface area contributed by atoms with Gasteiger partial charge in [-0.1, -0.05) is 24.4 Å². The quantitative estimate of drug-likeness (QED) is 0.761. The van der Waals surface area contributed by atoms with E-state index in [9.17, 15) is 8.42 Å². The number of aryl methyl sites for hydroxylation is 2. The normalized spacial score (nSPS) is 28.0. The Kier molecular flexibility index (Phi) is 5.56. The first-order chi connectivity index (χ1) is 12.9. The molecule has 27 heavy (non-hydrogen) atoms. The van der Waals surface area contributed by atoms with Crippen molar-refractivity contribution in [3.05, 3.63) is 28.3 Å². The van der Waals surface area contributed by atoms with E-state index >= 15 is 0 Å². The highest BCUT2D eigenvalue weighted by molar-refractivity contribution is 7.89. The summed E-state index contributed by atoms with van der Waals surface area (Å²) < 4.78 is 34.2. The smallest absolute Gasteiger partial charge is 0.243 e. The second-order valence-electron chi connectivity index (χ2n) is 8.31. The lowest BCUT2D eigenvalue weighted by atomic mass is 10.0. The molecule has 4 rings (SSSR count). The van der Waals surface area contributed by atoms with Gasteiger partial charge in [0.15, 0.2) is 0 Å². The summed E-state index contributed by atoms with van der Waals surface area (Å²) >= 11 is 6.16. The standard InChI is InChI=1S/C20H29ClN2O3S/c1-14-10-20(15(2)9-17(14)21)27(24,25)23-12-18-19(13-23)26-8-7-22(18)11-16-5-3-4-6-16/h9-10,16,18-19H,3-8,11-13H2,1-2H3/t18-,19-/m0/s1.